The number of benzene rings is 1. The van der Waals surface area contributed by atoms with E-state index in [9.17, 15) is 9.59 Å². The zero-order valence-corrected chi connectivity index (χ0v) is 16.8. The number of hydrogen-bond acceptors (Lipinski definition) is 7. The molecule has 0 bridgehead atoms. The zero-order valence-electron chi connectivity index (χ0n) is 16.0. The van der Waals surface area contributed by atoms with Gasteiger partial charge in [0, 0.05) is 6.07 Å². The van der Waals surface area contributed by atoms with Crippen LogP contribution < -0.4 is 14.8 Å². The molecule has 0 atom stereocenters. The van der Waals surface area contributed by atoms with E-state index in [1.807, 2.05) is 13.8 Å². The van der Waals surface area contributed by atoms with Gasteiger partial charge in [-0.15, -0.1) is 0 Å². The minimum Gasteiger partial charge on any atom is -0.490 e. The predicted octanol–water partition coefficient (Wildman–Crippen LogP) is 4.01. The number of hydrogen-bond donors (Lipinski definition) is 1. The molecule has 1 amide bonds. The largest absolute Gasteiger partial charge is 0.490 e. The number of amides is 1. The van der Waals surface area contributed by atoms with Crippen LogP contribution in [0.1, 0.15) is 42.8 Å². The second-order valence-corrected chi connectivity index (χ2v) is 6.27. The number of halogens is 1. The standard InChI is InChI=1S/C19H23ClN2O6/c1-4-6-7-26-18-14(20)9-13(10-15(18)25-5-2)19(24)27-11-17(23)21-16-8-12(3)28-22-16/h8-10H,4-7,11H2,1-3H3,(H,21,22,23). The monoisotopic (exact) mass is 410 g/mol. The van der Waals surface area contributed by atoms with Crippen molar-refractivity contribution in [2.24, 2.45) is 0 Å². The summed E-state index contributed by atoms with van der Waals surface area (Å²) in [6.07, 6.45) is 1.84. The van der Waals surface area contributed by atoms with Crippen molar-refractivity contribution in [1.82, 2.24) is 5.16 Å². The average molecular weight is 411 g/mol. The fraction of sp³-hybridized carbons (Fsp3) is 0.421. The van der Waals surface area contributed by atoms with Crippen molar-refractivity contribution in [3.63, 3.8) is 0 Å². The molecule has 28 heavy (non-hydrogen) atoms. The smallest absolute Gasteiger partial charge is 0.338 e. The summed E-state index contributed by atoms with van der Waals surface area (Å²) in [6.45, 7) is 5.93. The quantitative estimate of drug-likeness (QED) is 0.466. The van der Waals surface area contributed by atoms with Crippen LogP contribution in [-0.4, -0.2) is 36.9 Å². The van der Waals surface area contributed by atoms with Crippen LogP contribution >= 0.6 is 11.6 Å². The van der Waals surface area contributed by atoms with Gasteiger partial charge >= 0.3 is 5.97 Å². The molecule has 0 spiro atoms. The molecule has 1 aromatic heterocycles. The maximum atomic E-state index is 12.3. The molecule has 2 rings (SSSR count). The number of nitrogens with zero attached hydrogens (tertiary/aromatic N) is 1. The Kier molecular flexibility index (Phi) is 8.13. The summed E-state index contributed by atoms with van der Waals surface area (Å²) in [6, 6.07) is 4.45. The van der Waals surface area contributed by atoms with E-state index in [0.29, 0.717) is 30.5 Å². The molecule has 2 aromatic rings. The number of aromatic nitrogens is 1. The van der Waals surface area contributed by atoms with Gasteiger partial charge < -0.3 is 24.1 Å². The van der Waals surface area contributed by atoms with Crippen LogP contribution in [0.2, 0.25) is 5.02 Å². The normalized spacial score (nSPS) is 10.4. The first kappa shape index (κ1) is 21.6. The topological polar surface area (TPSA) is 99.9 Å². The number of nitrogens with one attached hydrogen (secondary N) is 1. The molecule has 0 aliphatic rings. The second kappa shape index (κ2) is 10.6. The Labute approximate surface area is 168 Å². The Morgan fingerprint density at radius 3 is 2.64 bits per heavy atom. The molecule has 0 aliphatic carbocycles. The molecule has 0 unspecified atom stereocenters. The predicted molar refractivity (Wildman–Crippen MR) is 103 cm³/mol. The molecule has 0 fully saturated rings. The fourth-order valence-corrected chi connectivity index (χ4v) is 2.49. The van der Waals surface area contributed by atoms with Crippen molar-refractivity contribution in [1.29, 1.82) is 0 Å². The molecule has 152 valence electrons. The Morgan fingerprint density at radius 2 is 2.00 bits per heavy atom. The number of carbonyl (C=O) groups is 2. The van der Waals surface area contributed by atoms with Gasteiger partial charge in [0.15, 0.2) is 23.9 Å². The molecular weight excluding hydrogens is 388 g/mol. The fourth-order valence-electron chi connectivity index (χ4n) is 2.23. The van der Waals surface area contributed by atoms with Gasteiger partial charge in [0.05, 0.1) is 23.8 Å². The Morgan fingerprint density at radius 1 is 1.21 bits per heavy atom. The van der Waals surface area contributed by atoms with E-state index in [0.717, 1.165) is 12.8 Å². The lowest BCUT2D eigenvalue weighted by molar-refractivity contribution is -0.119. The van der Waals surface area contributed by atoms with Crippen LogP contribution in [-0.2, 0) is 9.53 Å². The van der Waals surface area contributed by atoms with E-state index < -0.39 is 18.5 Å². The van der Waals surface area contributed by atoms with Crippen molar-refractivity contribution in [2.75, 3.05) is 25.1 Å². The van der Waals surface area contributed by atoms with Crippen molar-refractivity contribution in [3.05, 3.63) is 34.5 Å². The highest BCUT2D eigenvalue weighted by Crippen LogP contribution is 2.37. The van der Waals surface area contributed by atoms with Crippen molar-refractivity contribution < 1.29 is 28.3 Å². The third-order valence-electron chi connectivity index (χ3n) is 3.52. The van der Waals surface area contributed by atoms with Gasteiger partial charge in [-0.25, -0.2) is 4.79 Å². The summed E-state index contributed by atoms with van der Waals surface area (Å²) in [4.78, 5) is 24.1. The van der Waals surface area contributed by atoms with Gasteiger partial charge in [0.2, 0.25) is 0 Å². The first-order valence-electron chi connectivity index (χ1n) is 8.94. The Hall–Kier alpha value is -2.74. The molecule has 1 heterocycles. The molecule has 9 heteroatoms. The zero-order chi connectivity index (χ0) is 20.5. The lowest BCUT2D eigenvalue weighted by Crippen LogP contribution is -2.21. The maximum absolute atomic E-state index is 12.3. The number of carbonyl (C=O) groups excluding carboxylic acids is 2. The van der Waals surface area contributed by atoms with Crippen LogP contribution in [0.3, 0.4) is 0 Å². The summed E-state index contributed by atoms with van der Waals surface area (Å²) in [7, 11) is 0. The first-order valence-corrected chi connectivity index (χ1v) is 9.31. The summed E-state index contributed by atoms with van der Waals surface area (Å²) in [5.74, 6) is 0.264. The summed E-state index contributed by atoms with van der Waals surface area (Å²) in [5, 5.41) is 6.32. The summed E-state index contributed by atoms with van der Waals surface area (Å²) < 4.78 is 21.1. The maximum Gasteiger partial charge on any atom is 0.338 e. The van der Waals surface area contributed by atoms with Crippen molar-refractivity contribution in [3.8, 4) is 11.5 Å². The molecule has 8 nitrogen and oxygen atoms in total. The van der Waals surface area contributed by atoms with E-state index in [-0.39, 0.29) is 16.4 Å². The minimum atomic E-state index is -0.713. The molecule has 1 N–H and O–H groups in total. The van der Waals surface area contributed by atoms with E-state index in [1.54, 1.807) is 13.0 Å². The SMILES string of the molecule is CCCCOc1c(Cl)cc(C(=O)OCC(=O)Nc2cc(C)on2)cc1OCC. The molecule has 1 aromatic carbocycles. The van der Waals surface area contributed by atoms with Gasteiger partial charge in [-0.1, -0.05) is 30.1 Å². The van der Waals surface area contributed by atoms with Crippen LogP contribution in [0.5, 0.6) is 11.5 Å². The third-order valence-corrected chi connectivity index (χ3v) is 3.80. The van der Waals surface area contributed by atoms with E-state index in [1.165, 1.54) is 12.1 Å². The highest BCUT2D eigenvalue weighted by atomic mass is 35.5. The third kappa shape index (κ3) is 6.16. The van der Waals surface area contributed by atoms with Crippen LogP contribution in [0.25, 0.3) is 0 Å². The second-order valence-electron chi connectivity index (χ2n) is 5.87. The number of esters is 1. The lowest BCUT2D eigenvalue weighted by atomic mass is 10.2. The summed E-state index contributed by atoms with van der Waals surface area (Å²) in [5.41, 5.74) is 0.154. The van der Waals surface area contributed by atoms with Crippen LogP contribution in [0.4, 0.5) is 5.82 Å². The molecule has 0 radical (unpaired) electrons. The van der Waals surface area contributed by atoms with E-state index in [4.69, 9.17) is 30.3 Å². The summed E-state index contributed by atoms with van der Waals surface area (Å²) >= 11 is 6.25. The van der Waals surface area contributed by atoms with Gasteiger partial charge in [-0.2, -0.15) is 0 Å². The number of rotatable bonds is 10. The van der Waals surface area contributed by atoms with Crippen LogP contribution in [0, 0.1) is 6.92 Å². The molecule has 0 saturated carbocycles. The Bertz CT molecular complexity index is 821. The number of unbranched alkanes of at least 4 members (excludes halogenated alkanes) is 1. The van der Waals surface area contributed by atoms with E-state index >= 15 is 0 Å². The van der Waals surface area contributed by atoms with Crippen LogP contribution in [0.15, 0.2) is 22.7 Å². The van der Waals surface area contributed by atoms with E-state index in [2.05, 4.69) is 10.5 Å². The number of aryl methyl sites for hydroxylation is 1. The van der Waals surface area contributed by atoms with Crippen molar-refractivity contribution >= 4 is 29.3 Å². The first-order chi connectivity index (χ1) is 13.4. The molecular formula is C19H23ClN2O6. The molecule has 0 saturated heterocycles. The number of ether oxygens (including phenoxy) is 3. The lowest BCUT2D eigenvalue weighted by Gasteiger charge is -2.15. The van der Waals surface area contributed by atoms with Gasteiger partial charge in [0.1, 0.15) is 5.76 Å². The average Bonchev–Trinajstić information content (AvgIpc) is 3.06. The Balaban J connectivity index is 2.02. The van der Waals surface area contributed by atoms with Gasteiger partial charge in [-0.05, 0) is 32.4 Å². The highest BCUT2D eigenvalue weighted by molar-refractivity contribution is 6.32. The highest BCUT2D eigenvalue weighted by Gasteiger charge is 2.18. The van der Waals surface area contributed by atoms with Gasteiger partial charge in [-0.3, -0.25) is 4.79 Å². The molecule has 0 aliphatic heterocycles. The minimum absolute atomic E-state index is 0.154. The number of anilines is 1. The van der Waals surface area contributed by atoms with Crippen molar-refractivity contribution in [2.45, 2.75) is 33.6 Å². The van der Waals surface area contributed by atoms with Gasteiger partial charge in [0.25, 0.3) is 5.91 Å².